The van der Waals surface area contributed by atoms with E-state index in [2.05, 4.69) is 0 Å². The Balaban J connectivity index is 3.18. The van der Waals surface area contributed by atoms with Crippen LogP contribution in [0.5, 0.6) is 0 Å². The maximum Gasteiger partial charge on any atom is 0.288 e. The summed E-state index contributed by atoms with van der Waals surface area (Å²) in [5.41, 5.74) is -0.238. The lowest BCUT2D eigenvalue weighted by Crippen LogP contribution is -2.39. The van der Waals surface area contributed by atoms with E-state index in [-0.39, 0.29) is 35.5 Å². The normalized spacial score (nSPS) is 10.6. The van der Waals surface area contributed by atoms with E-state index in [1.807, 2.05) is 0 Å². The summed E-state index contributed by atoms with van der Waals surface area (Å²) in [4.78, 5) is 23.8. The molecule has 19 heavy (non-hydrogen) atoms. The monoisotopic (exact) mass is 286 g/mol. The van der Waals surface area contributed by atoms with Crippen LogP contribution in [0.1, 0.15) is 24.2 Å². The second kappa shape index (κ2) is 6.49. The molecular weight excluding hydrogens is 272 g/mol. The highest BCUT2D eigenvalue weighted by molar-refractivity contribution is 6.35. The summed E-state index contributed by atoms with van der Waals surface area (Å²) < 4.78 is 0. The van der Waals surface area contributed by atoms with Crippen molar-refractivity contribution in [3.05, 3.63) is 38.9 Å². The van der Waals surface area contributed by atoms with Crippen molar-refractivity contribution in [1.82, 2.24) is 4.90 Å². The maximum absolute atomic E-state index is 12.3. The number of aliphatic hydroxyl groups is 1. The third-order valence-corrected chi connectivity index (χ3v) is 3.03. The predicted octanol–water partition coefficient (Wildman–Crippen LogP) is 2.09. The van der Waals surface area contributed by atoms with Crippen molar-refractivity contribution in [1.29, 1.82) is 0 Å². The molecule has 0 spiro atoms. The lowest BCUT2D eigenvalue weighted by molar-refractivity contribution is -0.384. The number of nitro benzene ring substituents is 1. The van der Waals surface area contributed by atoms with Gasteiger partial charge in [-0.3, -0.25) is 14.9 Å². The number of hydrogen-bond acceptors (Lipinski definition) is 4. The van der Waals surface area contributed by atoms with Crippen molar-refractivity contribution in [2.45, 2.75) is 19.9 Å². The van der Waals surface area contributed by atoms with E-state index in [4.69, 9.17) is 16.7 Å². The molecule has 0 saturated carbocycles. The minimum atomic E-state index is -0.634. The molecule has 0 radical (unpaired) electrons. The maximum atomic E-state index is 12.3. The Morgan fingerprint density at radius 2 is 2.16 bits per heavy atom. The molecule has 1 amide bonds. The zero-order valence-corrected chi connectivity index (χ0v) is 11.4. The smallest absolute Gasteiger partial charge is 0.288 e. The lowest BCUT2D eigenvalue weighted by atomic mass is 10.1. The molecule has 104 valence electrons. The van der Waals surface area contributed by atoms with Gasteiger partial charge in [0, 0.05) is 18.7 Å². The molecular formula is C12H15ClN2O4. The van der Waals surface area contributed by atoms with Crippen LogP contribution in [0.15, 0.2) is 18.2 Å². The fraction of sp³-hybridized carbons (Fsp3) is 0.417. The molecule has 1 N–H and O–H groups in total. The van der Waals surface area contributed by atoms with Gasteiger partial charge in [-0.25, -0.2) is 0 Å². The highest BCUT2D eigenvalue weighted by Crippen LogP contribution is 2.28. The standard InChI is InChI=1S/C12H15ClN2O4/c1-8(2)14(6-7-16)12(17)9-4-3-5-10(11(9)13)15(18)19/h3-5,8,16H,6-7H2,1-2H3. The topological polar surface area (TPSA) is 83.7 Å². The molecule has 0 aliphatic rings. The number of carbonyl (C=O) groups is 1. The largest absolute Gasteiger partial charge is 0.395 e. The van der Waals surface area contributed by atoms with Crippen molar-refractivity contribution in [3.8, 4) is 0 Å². The highest BCUT2D eigenvalue weighted by atomic mass is 35.5. The van der Waals surface area contributed by atoms with Crippen LogP contribution in [0.4, 0.5) is 5.69 Å². The summed E-state index contributed by atoms with van der Waals surface area (Å²) in [6.07, 6.45) is 0. The molecule has 0 aliphatic heterocycles. The average molecular weight is 287 g/mol. The third-order valence-electron chi connectivity index (χ3n) is 2.63. The van der Waals surface area contributed by atoms with Crippen molar-refractivity contribution < 1.29 is 14.8 Å². The van der Waals surface area contributed by atoms with E-state index in [1.165, 1.54) is 23.1 Å². The minimum Gasteiger partial charge on any atom is -0.395 e. The number of halogens is 1. The van der Waals surface area contributed by atoms with Gasteiger partial charge in [0.1, 0.15) is 5.02 Å². The summed E-state index contributed by atoms with van der Waals surface area (Å²) in [6.45, 7) is 3.55. The summed E-state index contributed by atoms with van der Waals surface area (Å²) >= 11 is 5.90. The van der Waals surface area contributed by atoms with Crippen molar-refractivity contribution in [2.75, 3.05) is 13.2 Å². The number of carbonyl (C=O) groups excluding carboxylic acids is 1. The Bertz CT molecular complexity index is 491. The van der Waals surface area contributed by atoms with Crippen LogP contribution in [0, 0.1) is 10.1 Å². The van der Waals surface area contributed by atoms with Crippen LogP contribution in [-0.2, 0) is 0 Å². The van der Waals surface area contributed by atoms with E-state index in [9.17, 15) is 14.9 Å². The SMILES string of the molecule is CC(C)N(CCO)C(=O)c1cccc([N+](=O)[O-])c1Cl. The van der Waals surface area contributed by atoms with Crippen LogP contribution in [-0.4, -0.2) is 40.0 Å². The fourth-order valence-corrected chi connectivity index (χ4v) is 1.96. The van der Waals surface area contributed by atoms with Crippen LogP contribution in [0.2, 0.25) is 5.02 Å². The van der Waals surface area contributed by atoms with Gasteiger partial charge in [0.05, 0.1) is 17.1 Å². The van der Waals surface area contributed by atoms with Crippen LogP contribution >= 0.6 is 11.6 Å². The average Bonchev–Trinajstić information content (AvgIpc) is 2.34. The number of aliphatic hydroxyl groups excluding tert-OH is 1. The van der Waals surface area contributed by atoms with Crippen molar-refractivity contribution in [2.24, 2.45) is 0 Å². The lowest BCUT2D eigenvalue weighted by Gasteiger charge is -2.26. The Morgan fingerprint density at radius 3 is 2.63 bits per heavy atom. The number of amides is 1. The van der Waals surface area contributed by atoms with E-state index in [0.29, 0.717) is 0 Å². The van der Waals surface area contributed by atoms with Gasteiger partial charge >= 0.3 is 0 Å². The van der Waals surface area contributed by atoms with Crippen molar-refractivity contribution >= 4 is 23.2 Å². The van der Waals surface area contributed by atoms with Gasteiger partial charge in [0.2, 0.25) is 0 Å². The van der Waals surface area contributed by atoms with Crippen LogP contribution in [0.3, 0.4) is 0 Å². The summed E-state index contributed by atoms with van der Waals surface area (Å²) in [6, 6.07) is 3.94. The first-order valence-corrected chi connectivity index (χ1v) is 6.12. The first-order valence-electron chi connectivity index (χ1n) is 5.74. The van der Waals surface area contributed by atoms with Gasteiger partial charge in [-0.05, 0) is 19.9 Å². The van der Waals surface area contributed by atoms with E-state index in [0.717, 1.165) is 0 Å². The molecule has 0 aromatic heterocycles. The zero-order valence-electron chi connectivity index (χ0n) is 10.7. The molecule has 0 fully saturated rings. The number of benzene rings is 1. The first kappa shape index (κ1) is 15.4. The molecule has 0 atom stereocenters. The van der Waals surface area contributed by atoms with Gasteiger partial charge in [0.15, 0.2) is 0 Å². The zero-order chi connectivity index (χ0) is 14.6. The molecule has 0 aliphatic carbocycles. The van der Waals surface area contributed by atoms with Gasteiger partial charge in [-0.2, -0.15) is 0 Å². The number of hydrogen-bond donors (Lipinski definition) is 1. The second-order valence-electron chi connectivity index (χ2n) is 4.21. The van der Waals surface area contributed by atoms with E-state index in [1.54, 1.807) is 13.8 Å². The molecule has 6 nitrogen and oxygen atoms in total. The summed E-state index contributed by atoms with van der Waals surface area (Å²) in [5, 5.41) is 19.6. The fourth-order valence-electron chi connectivity index (χ4n) is 1.68. The molecule has 7 heteroatoms. The number of nitro groups is 1. The third kappa shape index (κ3) is 3.42. The van der Waals surface area contributed by atoms with Gasteiger partial charge in [-0.15, -0.1) is 0 Å². The molecule has 0 saturated heterocycles. The number of nitrogens with zero attached hydrogens (tertiary/aromatic N) is 2. The molecule has 0 heterocycles. The Hall–Kier alpha value is -1.66. The van der Waals surface area contributed by atoms with Crippen LogP contribution < -0.4 is 0 Å². The van der Waals surface area contributed by atoms with E-state index >= 15 is 0 Å². The van der Waals surface area contributed by atoms with Gasteiger partial charge < -0.3 is 10.0 Å². The molecule has 1 aromatic carbocycles. The first-order chi connectivity index (χ1) is 8.90. The van der Waals surface area contributed by atoms with Crippen molar-refractivity contribution in [3.63, 3.8) is 0 Å². The van der Waals surface area contributed by atoms with Gasteiger partial charge in [0.25, 0.3) is 11.6 Å². The summed E-state index contributed by atoms with van der Waals surface area (Å²) in [5.74, 6) is -0.433. The molecule has 1 aromatic rings. The molecule has 0 unspecified atom stereocenters. The van der Waals surface area contributed by atoms with Gasteiger partial charge in [-0.1, -0.05) is 17.7 Å². The Kier molecular flexibility index (Phi) is 5.26. The minimum absolute atomic E-state index is 0.0676. The molecule has 1 rings (SSSR count). The predicted molar refractivity (Wildman–Crippen MR) is 71.4 cm³/mol. The van der Waals surface area contributed by atoms with E-state index < -0.39 is 10.8 Å². The van der Waals surface area contributed by atoms with Crippen LogP contribution in [0.25, 0.3) is 0 Å². The molecule has 0 bridgehead atoms. The highest BCUT2D eigenvalue weighted by Gasteiger charge is 2.24. The summed E-state index contributed by atoms with van der Waals surface area (Å²) in [7, 11) is 0. The Labute approximate surface area is 115 Å². The second-order valence-corrected chi connectivity index (χ2v) is 4.59. The number of rotatable bonds is 5. The quantitative estimate of drug-likeness (QED) is 0.663. The Morgan fingerprint density at radius 1 is 1.53 bits per heavy atom.